The molecule has 1 aromatic rings. The number of hydrogen-bond donors (Lipinski definition) is 1. The highest BCUT2D eigenvalue weighted by molar-refractivity contribution is 5.78. The van der Waals surface area contributed by atoms with Gasteiger partial charge >= 0.3 is 0 Å². The number of nitrogens with one attached hydrogen (secondary N) is 1. The zero-order valence-corrected chi connectivity index (χ0v) is 9.78. The van der Waals surface area contributed by atoms with Crippen LogP contribution >= 0.6 is 0 Å². The van der Waals surface area contributed by atoms with Gasteiger partial charge < -0.3 is 4.90 Å². The van der Waals surface area contributed by atoms with E-state index < -0.39 is 0 Å². The lowest BCUT2D eigenvalue weighted by molar-refractivity contribution is -0.131. The molecule has 1 amide bonds. The van der Waals surface area contributed by atoms with Crippen LogP contribution in [0.3, 0.4) is 0 Å². The molecule has 88 valence electrons. The third-order valence-corrected chi connectivity index (χ3v) is 3.44. The molecular weight excluding hydrogens is 202 g/mol. The second-order valence-corrected chi connectivity index (χ2v) is 4.49. The van der Waals surface area contributed by atoms with Crippen molar-refractivity contribution in [1.29, 1.82) is 0 Å². The van der Waals surface area contributed by atoms with Gasteiger partial charge in [0.15, 0.2) is 0 Å². The van der Waals surface area contributed by atoms with Crippen molar-refractivity contribution in [3.8, 4) is 0 Å². The van der Waals surface area contributed by atoms with Crippen LogP contribution in [-0.4, -0.2) is 34.1 Å². The summed E-state index contributed by atoms with van der Waals surface area (Å²) in [6, 6.07) is 1.86. The predicted molar refractivity (Wildman–Crippen MR) is 61.9 cm³/mol. The number of aromatic nitrogens is 2. The highest BCUT2D eigenvalue weighted by Crippen LogP contribution is 2.20. The maximum absolute atomic E-state index is 11.9. The van der Waals surface area contributed by atoms with Gasteiger partial charge in [0.1, 0.15) is 0 Å². The van der Waals surface area contributed by atoms with E-state index in [1.807, 2.05) is 11.0 Å². The molecule has 2 rings (SSSR count). The summed E-state index contributed by atoms with van der Waals surface area (Å²) in [4.78, 5) is 13.9. The van der Waals surface area contributed by atoms with E-state index in [4.69, 9.17) is 0 Å². The molecule has 1 aromatic heterocycles. The highest BCUT2D eigenvalue weighted by atomic mass is 16.2. The van der Waals surface area contributed by atoms with Crippen molar-refractivity contribution in [2.45, 2.75) is 32.6 Å². The molecule has 0 radical (unpaired) electrons. The summed E-state index contributed by atoms with van der Waals surface area (Å²) in [6.07, 6.45) is 5.70. The zero-order chi connectivity index (χ0) is 11.4. The Bertz CT molecular complexity index is 326. The minimum Gasteiger partial charge on any atom is -0.342 e. The first-order valence-corrected chi connectivity index (χ1v) is 6.05. The Morgan fingerprint density at radius 2 is 2.31 bits per heavy atom. The van der Waals surface area contributed by atoms with Crippen LogP contribution in [0.4, 0.5) is 0 Å². The second-order valence-electron chi connectivity index (χ2n) is 4.49. The molecule has 16 heavy (non-hydrogen) atoms. The van der Waals surface area contributed by atoms with Crippen LogP contribution in [0.25, 0.3) is 0 Å². The summed E-state index contributed by atoms with van der Waals surface area (Å²) in [5, 5.41) is 6.68. The number of carbonyl (C=O) groups excluding carboxylic acids is 1. The number of nitrogens with zero attached hydrogens (tertiary/aromatic N) is 2. The third-order valence-electron chi connectivity index (χ3n) is 3.44. The number of hydrogen-bond acceptors (Lipinski definition) is 2. The summed E-state index contributed by atoms with van der Waals surface area (Å²) in [7, 11) is 0. The lowest BCUT2D eigenvalue weighted by atomic mass is 9.94. The van der Waals surface area contributed by atoms with Crippen LogP contribution in [0.15, 0.2) is 12.3 Å². The van der Waals surface area contributed by atoms with E-state index in [-0.39, 0.29) is 5.91 Å². The number of likely N-dealkylation sites (tertiary alicyclic amines) is 1. The summed E-state index contributed by atoms with van der Waals surface area (Å²) in [5.41, 5.74) is 0.905. The van der Waals surface area contributed by atoms with Gasteiger partial charge in [0, 0.05) is 25.0 Å². The van der Waals surface area contributed by atoms with Gasteiger partial charge in [-0.2, -0.15) is 5.10 Å². The molecule has 1 fully saturated rings. The molecule has 0 bridgehead atoms. The topological polar surface area (TPSA) is 49.0 Å². The predicted octanol–water partition coefficient (Wildman–Crippen LogP) is 1.60. The summed E-state index contributed by atoms with van der Waals surface area (Å²) >= 11 is 0. The molecule has 0 spiro atoms. The third kappa shape index (κ3) is 2.62. The fourth-order valence-corrected chi connectivity index (χ4v) is 2.25. The van der Waals surface area contributed by atoms with Crippen molar-refractivity contribution in [2.24, 2.45) is 5.92 Å². The first-order chi connectivity index (χ1) is 7.79. The smallest absolute Gasteiger partial charge is 0.228 e. The fourth-order valence-electron chi connectivity index (χ4n) is 2.25. The van der Waals surface area contributed by atoms with E-state index in [1.54, 1.807) is 6.20 Å². The minimum absolute atomic E-state index is 0.221. The van der Waals surface area contributed by atoms with Gasteiger partial charge in [-0.3, -0.25) is 9.89 Å². The van der Waals surface area contributed by atoms with Crippen molar-refractivity contribution in [3.05, 3.63) is 18.0 Å². The fraction of sp³-hybridized carbons (Fsp3) is 0.667. The summed E-state index contributed by atoms with van der Waals surface area (Å²) in [5.74, 6) is 1.04. The molecular formula is C12H19N3O. The number of H-pyrrole nitrogens is 1. The minimum atomic E-state index is 0.221. The van der Waals surface area contributed by atoms with Crippen LogP contribution in [-0.2, 0) is 11.2 Å². The van der Waals surface area contributed by atoms with Gasteiger partial charge in [-0.15, -0.1) is 0 Å². The van der Waals surface area contributed by atoms with Crippen LogP contribution in [0.5, 0.6) is 0 Å². The summed E-state index contributed by atoms with van der Waals surface area (Å²) in [6.45, 7) is 4.07. The van der Waals surface area contributed by atoms with Gasteiger partial charge in [-0.25, -0.2) is 0 Å². The monoisotopic (exact) mass is 221 g/mol. The zero-order valence-electron chi connectivity index (χ0n) is 9.78. The molecule has 0 saturated carbocycles. The second kappa shape index (κ2) is 5.14. The van der Waals surface area contributed by atoms with Crippen LogP contribution < -0.4 is 0 Å². The Morgan fingerprint density at radius 1 is 1.56 bits per heavy atom. The lowest BCUT2D eigenvalue weighted by Crippen LogP contribution is -2.39. The Hall–Kier alpha value is -1.32. The van der Waals surface area contributed by atoms with Crippen LogP contribution in [0, 0.1) is 5.92 Å². The average Bonchev–Trinajstić information content (AvgIpc) is 2.82. The number of carbonyl (C=O) groups is 1. The van der Waals surface area contributed by atoms with Gasteiger partial charge in [0.25, 0.3) is 0 Å². The Labute approximate surface area is 96.0 Å². The van der Waals surface area contributed by atoms with E-state index in [2.05, 4.69) is 17.1 Å². The Balaban J connectivity index is 1.82. The van der Waals surface area contributed by atoms with E-state index in [1.165, 1.54) is 6.42 Å². The molecule has 2 heterocycles. The van der Waals surface area contributed by atoms with Crippen molar-refractivity contribution in [3.63, 3.8) is 0 Å². The molecule has 4 heteroatoms. The molecule has 4 nitrogen and oxygen atoms in total. The van der Waals surface area contributed by atoms with Gasteiger partial charge in [-0.1, -0.05) is 13.3 Å². The molecule has 1 aliphatic heterocycles. The van der Waals surface area contributed by atoms with Gasteiger partial charge in [0.2, 0.25) is 5.91 Å². The quantitative estimate of drug-likeness (QED) is 0.842. The maximum Gasteiger partial charge on any atom is 0.228 e. The normalized spacial score (nSPS) is 17.7. The molecule has 1 saturated heterocycles. The van der Waals surface area contributed by atoms with Crippen molar-refractivity contribution in [1.82, 2.24) is 15.1 Å². The number of amides is 1. The maximum atomic E-state index is 11.9. The van der Waals surface area contributed by atoms with Crippen molar-refractivity contribution in [2.75, 3.05) is 13.1 Å². The first kappa shape index (κ1) is 11.2. The van der Waals surface area contributed by atoms with Gasteiger partial charge in [0.05, 0.1) is 6.42 Å². The summed E-state index contributed by atoms with van der Waals surface area (Å²) < 4.78 is 0. The molecule has 0 unspecified atom stereocenters. The van der Waals surface area contributed by atoms with E-state index in [0.717, 1.165) is 37.5 Å². The Morgan fingerprint density at radius 3 is 2.88 bits per heavy atom. The Kier molecular flexibility index (Phi) is 3.59. The molecule has 0 atom stereocenters. The molecule has 1 N–H and O–H groups in total. The average molecular weight is 221 g/mol. The number of rotatable bonds is 3. The van der Waals surface area contributed by atoms with Crippen molar-refractivity contribution >= 4 is 5.91 Å². The van der Waals surface area contributed by atoms with E-state index in [9.17, 15) is 4.79 Å². The number of aromatic amines is 1. The van der Waals surface area contributed by atoms with Crippen LogP contribution in [0.1, 0.15) is 31.9 Å². The largest absolute Gasteiger partial charge is 0.342 e. The molecule has 0 aromatic carbocycles. The number of piperidine rings is 1. The van der Waals surface area contributed by atoms with Crippen LogP contribution in [0.2, 0.25) is 0 Å². The molecule has 1 aliphatic rings. The highest BCUT2D eigenvalue weighted by Gasteiger charge is 2.21. The lowest BCUT2D eigenvalue weighted by Gasteiger charge is -2.31. The standard InChI is InChI=1S/C12H19N3O/c1-2-10-4-7-15(8-5-10)12(16)9-11-3-6-13-14-11/h3,6,10H,2,4-5,7-9H2,1H3,(H,13,14). The van der Waals surface area contributed by atoms with E-state index >= 15 is 0 Å². The van der Waals surface area contributed by atoms with Crippen molar-refractivity contribution < 1.29 is 4.79 Å². The van der Waals surface area contributed by atoms with Gasteiger partial charge in [-0.05, 0) is 24.8 Å². The SMILES string of the molecule is CCC1CCN(C(=O)Cc2ccn[nH]2)CC1. The molecule has 0 aliphatic carbocycles. The van der Waals surface area contributed by atoms with E-state index in [0.29, 0.717) is 6.42 Å². The first-order valence-electron chi connectivity index (χ1n) is 6.05.